The maximum atomic E-state index is 4.60. The standard InChI is InChI=1S/C14H19N3S/c1-11-4-6-13(7-5-11)17(3)9-12-10-18-14(16-12)8-15-2/h4-7,10,15H,8-9H2,1-3H3. The molecule has 1 heterocycles. The Morgan fingerprint density at radius 1 is 1.28 bits per heavy atom. The third kappa shape index (κ3) is 3.31. The van der Waals surface area contributed by atoms with Crippen molar-refractivity contribution in [2.45, 2.75) is 20.0 Å². The molecule has 0 aliphatic rings. The fourth-order valence-electron chi connectivity index (χ4n) is 1.79. The summed E-state index contributed by atoms with van der Waals surface area (Å²) in [7, 11) is 4.04. The Hall–Kier alpha value is -1.39. The summed E-state index contributed by atoms with van der Waals surface area (Å²) in [5.74, 6) is 0. The van der Waals surface area contributed by atoms with Crippen LogP contribution < -0.4 is 10.2 Å². The van der Waals surface area contributed by atoms with Gasteiger partial charge in [-0.1, -0.05) is 17.7 Å². The quantitative estimate of drug-likeness (QED) is 0.897. The predicted molar refractivity (Wildman–Crippen MR) is 78.2 cm³/mol. The van der Waals surface area contributed by atoms with E-state index in [1.165, 1.54) is 11.3 Å². The van der Waals surface area contributed by atoms with Gasteiger partial charge in [-0.15, -0.1) is 11.3 Å². The van der Waals surface area contributed by atoms with E-state index in [0.29, 0.717) is 0 Å². The number of benzene rings is 1. The third-order valence-electron chi connectivity index (χ3n) is 2.80. The van der Waals surface area contributed by atoms with E-state index in [4.69, 9.17) is 0 Å². The van der Waals surface area contributed by atoms with Crippen LogP contribution in [0.25, 0.3) is 0 Å². The highest BCUT2D eigenvalue weighted by Gasteiger charge is 2.05. The summed E-state index contributed by atoms with van der Waals surface area (Å²) in [6.07, 6.45) is 0. The molecule has 0 saturated heterocycles. The SMILES string of the molecule is CNCc1nc(CN(C)c2ccc(C)cc2)cs1. The average Bonchev–Trinajstić information content (AvgIpc) is 2.78. The van der Waals surface area contributed by atoms with Gasteiger partial charge in [0.05, 0.1) is 12.2 Å². The zero-order chi connectivity index (χ0) is 13.0. The van der Waals surface area contributed by atoms with Crippen molar-refractivity contribution >= 4 is 17.0 Å². The van der Waals surface area contributed by atoms with Crippen LogP contribution in [0, 0.1) is 6.92 Å². The summed E-state index contributed by atoms with van der Waals surface area (Å²) < 4.78 is 0. The molecule has 2 rings (SSSR count). The number of nitrogens with zero attached hydrogens (tertiary/aromatic N) is 2. The maximum absolute atomic E-state index is 4.60. The summed E-state index contributed by atoms with van der Waals surface area (Å²) >= 11 is 1.71. The summed E-state index contributed by atoms with van der Waals surface area (Å²) in [6, 6.07) is 8.57. The Morgan fingerprint density at radius 3 is 2.67 bits per heavy atom. The van der Waals surface area contributed by atoms with Gasteiger partial charge < -0.3 is 10.2 Å². The van der Waals surface area contributed by atoms with Crippen LogP contribution in [0.3, 0.4) is 0 Å². The van der Waals surface area contributed by atoms with Crippen LogP contribution in [0.4, 0.5) is 5.69 Å². The van der Waals surface area contributed by atoms with Crippen LogP contribution in [0.1, 0.15) is 16.3 Å². The van der Waals surface area contributed by atoms with Crippen LogP contribution >= 0.6 is 11.3 Å². The second-order valence-corrected chi connectivity index (χ2v) is 5.40. The number of anilines is 1. The molecule has 0 fully saturated rings. The Morgan fingerprint density at radius 2 is 2.00 bits per heavy atom. The van der Waals surface area contributed by atoms with Crippen molar-refractivity contribution in [2.24, 2.45) is 0 Å². The van der Waals surface area contributed by atoms with Crippen LogP contribution in [-0.2, 0) is 13.1 Å². The first-order valence-corrected chi connectivity index (χ1v) is 6.92. The largest absolute Gasteiger partial charge is 0.369 e. The fourth-order valence-corrected chi connectivity index (χ4v) is 2.58. The number of hydrogen-bond acceptors (Lipinski definition) is 4. The second kappa shape index (κ2) is 5.98. The minimum Gasteiger partial charge on any atom is -0.369 e. The molecule has 0 amide bonds. The van der Waals surface area contributed by atoms with Crippen molar-refractivity contribution in [3.05, 3.63) is 45.9 Å². The second-order valence-electron chi connectivity index (χ2n) is 4.45. The molecule has 1 aromatic carbocycles. The van der Waals surface area contributed by atoms with E-state index in [1.54, 1.807) is 11.3 Å². The van der Waals surface area contributed by atoms with Gasteiger partial charge in [0.2, 0.25) is 0 Å². The summed E-state index contributed by atoms with van der Waals surface area (Å²) in [5.41, 5.74) is 3.65. The number of rotatable bonds is 5. The molecule has 3 nitrogen and oxygen atoms in total. The van der Waals surface area contributed by atoms with E-state index in [2.05, 4.69) is 58.8 Å². The van der Waals surface area contributed by atoms with E-state index in [0.717, 1.165) is 23.8 Å². The maximum Gasteiger partial charge on any atom is 0.107 e. The van der Waals surface area contributed by atoms with Gasteiger partial charge in [-0.25, -0.2) is 4.98 Å². The van der Waals surface area contributed by atoms with Gasteiger partial charge in [0.15, 0.2) is 0 Å². The van der Waals surface area contributed by atoms with E-state index >= 15 is 0 Å². The molecule has 96 valence electrons. The van der Waals surface area contributed by atoms with Crippen molar-refractivity contribution in [3.8, 4) is 0 Å². The first-order chi connectivity index (χ1) is 8.69. The summed E-state index contributed by atoms with van der Waals surface area (Å²) in [6.45, 7) is 3.80. The van der Waals surface area contributed by atoms with E-state index in [1.807, 2.05) is 7.05 Å². The summed E-state index contributed by atoms with van der Waals surface area (Å²) in [5, 5.41) is 6.40. The number of hydrogen-bond donors (Lipinski definition) is 1. The van der Waals surface area contributed by atoms with Crippen molar-refractivity contribution < 1.29 is 0 Å². The van der Waals surface area contributed by atoms with Crippen molar-refractivity contribution in [3.63, 3.8) is 0 Å². The molecule has 0 atom stereocenters. The molecule has 0 saturated carbocycles. The molecule has 1 aromatic heterocycles. The summed E-state index contributed by atoms with van der Waals surface area (Å²) in [4.78, 5) is 6.82. The van der Waals surface area contributed by atoms with Crippen LogP contribution in [-0.4, -0.2) is 19.1 Å². The first-order valence-electron chi connectivity index (χ1n) is 6.04. The Kier molecular flexibility index (Phi) is 4.33. The lowest BCUT2D eigenvalue weighted by Crippen LogP contribution is -2.16. The van der Waals surface area contributed by atoms with E-state index in [-0.39, 0.29) is 0 Å². The van der Waals surface area contributed by atoms with Crippen molar-refractivity contribution in [2.75, 3.05) is 19.0 Å². The lowest BCUT2D eigenvalue weighted by atomic mass is 10.2. The van der Waals surface area contributed by atoms with Crippen LogP contribution in [0.5, 0.6) is 0 Å². The third-order valence-corrected chi connectivity index (χ3v) is 3.70. The zero-order valence-electron chi connectivity index (χ0n) is 11.1. The van der Waals surface area contributed by atoms with E-state index < -0.39 is 0 Å². The number of nitrogens with one attached hydrogen (secondary N) is 1. The topological polar surface area (TPSA) is 28.2 Å². The zero-order valence-corrected chi connectivity index (χ0v) is 11.9. The number of thiazole rings is 1. The average molecular weight is 261 g/mol. The lowest BCUT2D eigenvalue weighted by Gasteiger charge is -2.18. The Labute approximate surface area is 112 Å². The Balaban J connectivity index is 2.01. The molecule has 18 heavy (non-hydrogen) atoms. The monoisotopic (exact) mass is 261 g/mol. The van der Waals surface area contributed by atoms with Gasteiger partial charge in [-0.2, -0.15) is 0 Å². The minimum absolute atomic E-state index is 0.846. The van der Waals surface area contributed by atoms with Gasteiger partial charge in [-0.05, 0) is 26.1 Å². The molecule has 2 aromatic rings. The molecule has 0 radical (unpaired) electrons. The van der Waals surface area contributed by atoms with Crippen LogP contribution in [0.2, 0.25) is 0 Å². The minimum atomic E-state index is 0.846. The Bertz CT molecular complexity index is 490. The van der Waals surface area contributed by atoms with Gasteiger partial charge in [-0.3, -0.25) is 0 Å². The first kappa shape index (κ1) is 13.1. The molecule has 0 bridgehead atoms. The normalized spacial score (nSPS) is 10.6. The van der Waals surface area contributed by atoms with E-state index in [9.17, 15) is 0 Å². The van der Waals surface area contributed by atoms with Crippen molar-refractivity contribution in [1.29, 1.82) is 0 Å². The predicted octanol–water partition coefficient (Wildman–Crippen LogP) is 2.81. The number of aromatic nitrogens is 1. The lowest BCUT2D eigenvalue weighted by molar-refractivity contribution is 0.797. The van der Waals surface area contributed by atoms with Gasteiger partial charge in [0, 0.05) is 24.7 Å². The molecular formula is C14H19N3S. The van der Waals surface area contributed by atoms with Crippen LogP contribution in [0.15, 0.2) is 29.6 Å². The molecule has 0 aliphatic carbocycles. The molecule has 0 aliphatic heterocycles. The highest BCUT2D eigenvalue weighted by molar-refractivity contribution is 7.09. The highest BCUT2D eigenvalue weighted by Crippen LogP contribution is 2.17. The molecule has 1 N–H and O–H groups in total. The molecule has 0 unspecified atom stereocenters. The van der Waals surface area contributed by atoms with Gasteiger partial charge in [0.1, 0.15) is 5.01 Å². The highest BCUT2D eigenvalue weighted by atomic mass is 32.1. The van der Waals surface area contributed by atoms with Gasteiger partial charge in [0.25, 0.3) is 0 Å². The van der Waals surface area contributed by atoms with Crippen molar-refractivity contribution in [1.82, 2.24) is 10.3 Å². The van der Waals surface area contributed by atoms with Gasteiger partial charge >= 0.3 is 0 Å². The fraction of sp³-hybridized carbons (Fsp3) is 0.357. The molecule has 4 heteroatoms. The smallest absolute Gasteiger partial charge is 0.107 e. The molecule has 0 spiro atoms. The molecular weight excluding hydrogens is 242 g/mol. The number of aryl methyl sites for hydroxylation is 1.